The molecule has 6 nitrogen and oxygen atoms in total. The Labute approximate surface area is 214 Å². The number of benzene rings is 4. The molecule has 0 aliphatic heterocycles. The van der Waals surface area contributed by atoms with Crippen molar-refractivity contribution in [1.29, 1.82) is 0 Å². The van der Waals surface area contributed by atoms with Crippen molar-refractivity contribution >= 4 is 10.1 Å². The van der Waals surface area contributed by atoms with E-state index in [1.54, 1.807) is 12.1 Å². The highest BCUT2D eigenvalue weighted by molar-refractivity contribution is 7.86. The van der Waals surface area contributed by atoms with Gasteiger partial charge in [0.05, 0.1) is 26.0 Å². The average Bonchev–Trinajstić information content (AvgIpc) is 2.87. The van der Waals surface area contributed by atoms with Gasteiger partial charge < -0.3 is 18.4 Å². The van der Waals surface area contributed by atoms with Gasteiger partial charge in [-0.3, -0.25) is 0 Å². The molecular weight excluding hydrogens is 502 g/mol. The number of rotatable bonds is 9. The SMILES string of the molecule is COc1cc(-c2ccc(F)cc2)c(OC)c(OS(C)(=O)=O)c1-c1ccc(OCc2ccccc2)c(F)c1. The Morgan fingerprint density at radius 3 is 2.03 bits per heavy atom. The molecule has 4 aromatic rings. The Morgan fingerprint density at radius 1 is 0.757 bits per heavy atom. The highest BCUT2D eigenvalue weighted by Gasteiger charge is 2.26. The van der Waals surface area contributed by atoms with Gasteiger partial charge in [-0.05, 0) is 47.0 Å². The summed E-state index contributed by atoms with van der Waals surface area (Å²) in [6, 6.07) is 20.6. The van der Waals surface area contributed by atoms with Crippen LogP contribution in [0.3, 0.4) is 0 Å². The van der Waals surface area contributed by atoms with Gasteiger partial charge in [-0.15, -0.1) is 0 Å². The standard InChI is InChI=1S/C28H24F2O6S/c1-33-25-16-22(19-9-12-21(29)13-10-19)27(34-2)28(36-37(3,31)32)26(25)20-11-14-24(23(30)15-20)35-17-18-7-5-4-6-8-18/h4-16H,17H2,1-3H3. The molecule has 0 N–H and O–H groups in total. The molecule has 0 spiro atoms. The Morgan fingerprint density at radius 2 is 1.43 bits per heavy atom. The van der Waals surface area contributed by atoms with E-state index in [1.807, 2.05) is 30.3 Å². The molecule has 0 amide bonds. The van der Waals surface area contributed by atoms with E-state index in [0.717, 1.165) is 11.8 Å². The lowest BCUT2D eigenvalue weighted by atomic mass is 9.96. The molecule has 0 aliphatic carbocycles. The summed E-state index contributed by atoms with van der Waals surface area (Å²) in [5, 5.41) is 0. The summed E-state index contributed by atoms with van der Waals surface area (Å²) in [6.07, 6.45) is 0.883. The lowest BCUT2D eigenvalue weighted by molar-refractivity contribution is 0.290. The first-order chi connectivity index (χ1) is 17.7. The lowest BCUT2D eigenvalue weighted by Gasteiger charge is -2.21. The van der Waals surface area contributed by atoms with Gasteiger partial charge in [0.25, 0.3) is 0 Å². The normalized spacial score (nSPS) is 11.2. The molecule has 0 aromatic heterocycles. The molecular formula is C28H24F2O6S. The first-order valence-corrected chi connectivity index (χ1v) is 12.9. The first-order valence-electron chi connectivity index (χ1n) is 11.1. The second kappa shape index (κ2) is 10.9. The summed E-state index contributed by atoms with van der Waals surface area (Å²) in [6.45, 7) is 0.170. The van der Waals surface area contributed by atoms with Crippen LogP contribution >= 0.6 is 0 Å². The van der Waals surface area contributed by atoms with Crippen LogP contribution in [0, 0.1) is 11.6 Å². The van der Waals surface area contributed by atoms with Crippen LogP contribution in [0.1, 0.15) is 5.56 Å². The van der Waals surface area contributed by atoms with Crippen LogP contribution in [0.5, 0.6) is 23.0 Å². The maximum Gasteiger partial charge on any atom is 0.306 e. The van der Waals surface area contributed by atoms with E-state index < -0.39 is 21.8 Å². The summed E-state index contributed by atoms with van der Waals surface area (Å²) >= 11 is 0. The second-order valence-electron chi connectivity index (χ2n) is 8.08. The quantitative estimate of drug-likeness (QED) is 0.241. The van der Waals surface area contributed by atoms with Crippen molar-refractivity contribution in [3.05, 3.63) is 96.1 Å². The molecule has 0 unspecified atom stereocenters. The average molecular weight is 527 g/mol. The number of methoxy groups -OCH3 is 2. The van der Waals surface area contributed by atoms with E-state index in [2.05, 4.69) is 0 Å². The Kier molecular flexibility index (Phi) is 7.63. The molecule has 0 saturated carbocycles. The summed E-state index contributed by atoms with van der Waals surface area (Å²) in [4.78, 5) is 0. The minimum atomic E-state index is -4.04. The third-order valence-electron chi connectivity index (χ3n) is 5.47. The maximum atomic E-state index is 15.1. The molecule has 0 heterocycles. The van der Waals surface area contributed by atoms with Crippen molar-refractivity contribution in [2.45, 2.75) is 6.61 Å². The molecule has 4 rings (SSSR count). The Bertz CT molecular complexity index is 1500. The van der Waals surface area contributed by atoms with Crippen LogP contribution in [-0.2, 0) is 16.7 Å². The highest BCUT2D eigenvalue weighted by atomic mass is 32.2. The fourth-order valence-corrected chi connectivity index (χ4v) is 4.30. The predicted molar refractivity (Wildman–Crippen MR) is 137 cm³/mol. The van der Waals surface area contributed by atoms with Crippen LogP contribution in [0.2, 0.25) is 0 Å². The number of hydrogen-bond acceptors (Lipinski definition) is 6. The van der Waals surface area contributed by atoms with Gasteiger partial charge in [0.1, 0.15) is 18.2 Å². The van der Waals surface area contributed by atoms with Crippen molar-refractivity contribution in [1.82, 2.24) is 0 Å². The third kappa shape index (κ3) is 6.00. The van der Waals surface area contributed by atoms with Crippen molar-refractivity contribution in [3.8, 4) is 45.3 Å². The van der Waals surface area contributed by atoms with Crippen LogP contribution < -0.4 is 18.4 Å². The molecule has 9 heteroatoms. The molecule has 0 saturated heterocycles. The van der Waals surface area contributed by atoms with Gasteiger partial charge in [-0.25, -0.2) is 8.78 Å². The second-order valence-corrected chi connectivity index (χ2v) is 9.65. The van der Waals surface area contributed by atoms with Crippen molar-refractivity contribution in [3.63, 3.8) is 0 Å². The van der Waals surface area contributed by atoms with Crippen LogP contribution in [-0.4, -0.2) is 28.9 Å². The summed E-state index contributed by atoms with van der Waals surface area (Å²) < 4.78 is 75.2. The van der Waals surface area contributed by atoms with E-state index in [4.69, 9.17) is 18.4 Å². The largest absolute Gasteiger partial charge is 0.496 e. The zero-order valence-corrected chi connectivity index (χ0v) is 21.1. The van der Waals surface area contributed by atoms with Crippen molar-refractivity contribution < 1.29 is 35.6 Å². The molecule has 0 radical (unpaired) electrons. The van der Waals surface area contributed by atoms with E-state index >= 15 is 4.39 Å². The number of halogens is 2. The molecule has 0 fully saturated rings. The van der Waals surface area contributed by atoms with E-state index in [-0.39, 0.29) is 40.7 Å². The molecule has 0 bridgehead atoms. The molecule has 0 aliphatic rings. The minimum absolute atomic E-state index is 0.0204. The molecule has 192 valence electrons. The molecule has 0 atom stereocenters. The highest BCUT2D eigenvalue weighted by Crippen LogP contribution is 2.51. The van der Waals surface area contributed by atoms with Crippen LogP contribution in [0.4, 0.5) is 8.78 Å². The third-order valence-corrected chi connectivity index (χ3v) is 5.94. The maximum absolute atomic E-state index is 15.1. The minimum Gasteiger partial charge on any atom is -0.496 e. The summed E-state index contributed by atoms with van der Waals surface area (Å²) in [7, 11) is -1.31. The van der Waals surface area contributed by atoms with Crippen LogP contribution in [0.25, 0.3) is 22.3 Å². The number of hydrogen-bond donors (Lipinski definition) is 0. The Hall–Kier alpha value is -4.11. The van der Waals surface area contributed by atoms with Gasteiger partial charge in [0.15, 0.2) is 23.1 Å². The zero-order chi connectivity index (χ0) is 26.6. The number of ether oxygens (including phenoxy) is 3. The van der Waals surface area contributed by atoms with Crippen molar-refractivity contribution in [2.24, 2.45) is 0 Å². The van der Waals surface area contributed by atoms with Crippen LogP contribution in [0.15, 0.2) is 78.9 Å². The van der Waals surface area contributed by atoms with Gasteiger partial charge in [-0.1, -0.05) is 48.5 Å². The first kappa shape index (κ1) is 26.0. The van der Waals surface area contributed by atoms with Gasteiger partial charge in [0, 0.05) is 5.56 Å². The van der Waals surface area contributed by atoms with E-state index in [0.29, 0.717) is 11.1 Å². The predicted octanol–water partition coefficient (Wildman–Crippen LogP) is 6.23. The fraction of sp³-hybridized carbons (Fsp3) is 0.143. The van der Waals surface area contributed by atoms with Crippen molar-refractivity contribution in [2.75, 3.05) is 20.5 Å². The zero-order valence-electron chi connectivity index (χ0n) is 20.3. The van der Waals surface area contributed by atoms with Gasteiger partial charge in [-0.2, -0.15) is 8.42 Å². The van der Waals surface area contributed by atoms with E-state index in [9.17, 15) is 12.8 Å². The fourth-order valence-electron chi connectivity index (χ4n) is 3.84. The summed E-state index contributed by atoms with van der Waals surface area (Å²) in [5.41, 5.74) is 2.22. The van der Waals surface area contributed by atoms with Gasteiger partial charge in [0.2, 0.25) is 0 Å². The topological polar surface area (TPSA) is 71.1 Å². The lowest BCUT2D eigenvalue weighted by Crippen LogP contribution is -2.09. The molecule has 37 heavy (non-hydrogen) atoms. The van der Waals surface area contributed by atoms with E-state index in [1.165, 1.54) is 50.6 Å². The smallest absolute Gasteiger partial charge is 0.306 e. The van der Waals surface area contributed by atoms with Gasteiger partial charge >= 0.3 is 10.1 Å². The summed E-state index contributed by atoms with van der Waals surface area (Å²) in [5.74, 6) is -1.03. The molecule has 4 aromatic carbocycles. The Balaban J connectivity index is 1.84. The monoisotopic (exact) mass is 526 g/mol.